The molecule has 0 amide bonds. The summed E-state index contributed by atoms with van der Waals surface area (Å²) < 4.78 is 6.27. The van der Waals surface area contributed by atoms with E-state index in [1.54, 1.807) is 25.3 Å². The van der Waals surface area contributed by atoms with E-state index in [9.17, 15) is 9.59 Å². The molecule has 1 aromatic heterocycles. The Bertz CT molecular complexity index is 706. The number of nitrogens with zero attached hydrogens (tertiary/aromatic N) is 2. The molecule has 0 aliphatic rings. The highest BCUT2D eigenvalue weighted by atomic mass is 16.5. The van der Waals surface area contributed by atoms with E-state index in [1.807, 2.05) is 6.92 Å². The molecule has 0 aliphatic carbocycles. The first kappa shape index (κ1) is 14.6. The minimum atomic E-state index is -1.08. The Balaban J connectivity index is 2.55. The van der Waals surface area contributed by atoms with Gasteiger partial charge in [0.15, 0.2) is 6.29 Å². The fourth-order valence-corrected chi connectivity index (χ4v) is 2.09. The highest BCUT2D eigenvalue weighted by Crippen LogP contribution is 2.29. The van der Waals surface area contributed by atoms with Crippen LogP contribution in [0.25, 0.3) is 11.3 Å². The monoisotopic (exact) mass is 289 g/mol. The fraction of sp³-hybridized carbons (Fsp3) is 0.214. The summed E-state index contributed by atoms with van der Waals surface area (Å²) in [7, 11) is 1.57. The third-order valence-corrected chi connectivity index (χ3v) is 3.10. The van der Waals surface area contributed by atoms with Gasteiger partial charge in [-0.25, -0.2) is 4.68 Å². The number of nitrogen functional groups attached to an aromatic ring is 1. The van der Waals surface area contributed by atoms with Crippen LogP contribution < -0.4 is 10.5 Å². The van der Waals surface area contributed by atoms with Crippen LogP contribution in [0.1, 0.15) is 15.9 Å². The van der Waals surface area contributed by atoms with Crippen molar-refractivity contribution < 1.29 is 19.4 Å². The number of hydrogen-bond acceptors (Lipinski definition) is 5. The molecule has 3 N–H and O–H groups in total. The molecule has 21 heavy (non-hydrogen) atoms. The number of aromatic nitrogens is 2. The van der Waals surface area contributed by atoms with Crippen LogP contribution in [0.2, 0.25) is 0 Å². The first-order chi connectivity index (χ1) is 9.97. The van der Waals surface area contributed by atoms with Gasteiger partial charge in [0.1, 0.15) is 23.8 Å². The summed E-state index contributed by atoms with van der Waals surface area (Å²) in [4.78, 5) is 22.0. The van der Waals surface area contributed by atoms with Crippen LogP contribution >= 0.6 is 0 Å². The van der Waals surface area contributed by atoms with Crippen LogP contribution in [-0.2, 0) is 11.3 Å². The van der Waals surface area contributed by atoms with Gasteiger partial charge in [-0.05, 0) is 30.7 Å². The van der Waals surface area contributed by atoms with E-state index in [4.69, 9.17) is 15.6 Å². The Morgan fingerprint density at radius 3 is 2.76 bits per heavy atom. The second-order valence-corrected chi connectivity index (χ2v) is 4.50. The lowest BCUT2D eigenvalue weighted by molar-refractivity contribution is -0.137. The van der Waals surface area contributed by atoms with Crippen LogP contribution in [0.15, 0.2) is 18.2 Å². The van der Waals surface area contributed by atoms with Crippen molar-refractivity contribution in [3.05, 3.63) is 29.3 Å². The number of aryl methyl sites for hydroxylation is 1. The maximum atomic E-state index is 11.2. The largest absolute Gasteiger partial charge is 0.496 e. The molecule has 0 aliphatic heterocycles. The van der Waals surface area contributed by atoms with Crippen molar-refractivity contribution in [3.8, 4) is 17.0 Å². The van der Waals surface area contributed by atoms with Gasteiger partial charge >= 0.3 is 5.97 Å². The number of carbonyl (C=O) groups is 2. The van der Waals surface area contributed by atoms with Crippen LogP contribution in [0.5, 0.6) is 5.75 Å². The Morgan fingerprint density at radius 1 is 1.52 bits per heavy atom. The minimum absolute atomic E-state index is 0.0378. The summed E-state index contributed by atoms with van der Waals surface area (Å²) in [5, 5.41) is 13.0. The SMILES string of the molecule is COc1ccc(-c2nn(CC(=O)O)c(N)c2C=O)cc1C. The quantitative estimate of drug-likeness (QED) is 0.804. The highest BCUT2D eigenvalue weighted by Gasteiger charge is 2.18. The number of carboxylic acids is 1. The topological polar surface area (TPSA) is 107 Å². The first-order valence-electron chi connectivity index (χ1n) is 6.16. The van der Waals surface area contributed by atoms with Gasteiger partial charge in [0, 0.05) is 5.56 Å². The van der Waals surface area contributed by atoms with Gasteiger partial charge in [-0.3, -0.25) is 9.59 Å². The molecule has 7 heteroatoms. The number of rotatable bonds is 5. The number of carbonyl (C=O) groups excluding carboxylic acids is 1. The van der Waals surface area contributed by atoms with Gasteiger partial charge in [-0.1, -0.05) is 0 Å². The number of anilines is 1. The summed E-state index contributed by atoms with van der Waals surface area (Å²) >= 11 is 0. The third-order valence-electron chi connectivity index (χ3n) is 3.10. The van der Waals surface area contributed by atoms with Crippen molar-refractivity contribution in [1.29, 1.82) is 0 Å². The number of hydrogen-bond donors (Lipinski definition) is 2. The normalized spacial score (nSPS) is 10.4. The predicted molar refractivity (Wildman–Crippen MR) is 76.4 cm³/mol. The molecular formula is C14H15N3O4. The summed E-state index contributed by atoms with van der Waals surface area (Å²) in [5.74, 6) is -0.334. The zero-order chi connectivity index (χ0) is 15.6. The molecule has 0 bridgehead atoms. The Hall–Kier alpha value is -2.83. The van der Waals surface area contributed by atoms with Crippen LogP contribution in [0.4, 0.5) is 5.82 Å². The van der Waals surface area contributed by atoms with Crippen LogP contribution in [-0.4, -0.2) is 34.3 Å². The molecule has 2 aromatic rings. The Morgan fingerprint density at radius 2 is 2.24 bits per heavy atom. The third kappa shape index (κ3) is 2.71. The van der Waals surface area contributed by atoms with E-state index in [-0.39, 0.29) is 11.4 Å². The molecular weight excluding hydrogens is 274 g/mol. The van der Waals surface area contributed by atoms with Gasteiger partial charge in [-0.2, -0.15) is 5.10 Å². The lowest BCUT2D eigenvalue weighted by atomic mass is 10.1. The maximum Gasteiger partial charge on any atom is 0.325 e. The molecule has 0 radical (unpaired) electrons. The Kier molecular flexibility index (Phi) is 3.93. The number of aliphatic carboxylic acids is 1. The van der Waals surface area contributed by atoms with E-state index in [0.29, 0.717) is 23.3 Å². The maximum absolute atomic E-state index is 11.2. The summed E-state index contributed by atoms with van der Waals surface area (Å²) in [6, 6.07) is 5.30. The number of carboxylic acid groups (broad SMARTS) is 1. The molecule has 110 valence electrons. The molecule has 0 unspecified atom stereocenters. The van der Waals surface area contributed by atoms with Gasteiger partial charge in [0.05, 0.1) is 12.7 Å². The zero-order valence-electron chi connectivity index (χ0n) is 11.7. The molecule has 0 saturated heterocycles. The van der Waals surface area contributed by atoms with Crippen molar-refractivity contribution in [3.63, 3.8) is 0 Å². The van der Waals surface area contributed by atoms with Crippen LogP contribution in [0, 0.1) is 6.92 Å². The van der Waals surface area contributed by atoms with Crippen LogP contribution in [0.3, 0.4) is 0 Å². The average Bonchev–Trinajstić information content (AvgIpc) is 2.74. The fourth-order valence-electron chi connectivity index (χ4n) is 2.09. The van der Waals surface area contributed by atoms with Gasteiger partial charge in [0.2, 0.25) is 0 Å². The molecule has 0 fully saturated rings. The number of nitrogens with two attached hydrogens (primary N) is 1. The molecule has 0 saturated carbocycles. The highest BCUT2D eigenvalue weighted by molar-refractivity contribution is 5.92. The van der Waals surface area contributed by atoms with Crippen molar-refractivity contribution in [2.75, 3.05) is 12.8 Å². The predicted octanol–water partition coefficient (Wildman–Crippen LogP) is 1.35. The van der Waals surface area contributed by atoms with Crippen molar-refractivity contribution >= 4 is 18.1 Å². The van der Waals surface area contributed by atoms with E-state index in [2.05, 4.69) is 5.10 Å². The Labute approximate surface area is 120 Å². The zero-order valence-corrected chi connectivity index (χ0v) is 11.7. The number of ether oxygens (including phenoxy) is 1. The standard InChI is InChI=1S/C14H15N3O4/c1-8-5-9(3-4-11(8)21-2)13-10(7-18)14(15)17(16-13)6-12(19)20/h3-5,7H,6,15H2,1-2H3,(H,19,20). The van der Waals surface area contributed by atoms with Gasteiger partial charge in [0.25, 0.3) is 0 Å². The van der Waals surface area contributed by atoms with E-state index < -0.39 is 12.5 Å². The second-order valence-electron chi connectivity index (χ2n) is 4.50. The smallest absolute Gasteiger partial charge is 0.325 e. The van der Waals surface area contributed by atoms with E-state index in [1.165, 1.54) is 0 Å². The number of aldehydes is 1. The van der Waals surface area contributed by atoms with Gasteiger partial charge in [-0.15, -0.1) is 0 Å². The van der Waals surface area contributed by atoms with E-state index in [0.717, 1.165) is 10.2 Å². The minimum Gasteiger partial charge on any atom is -0.496 e. The van der Waals surface area contributed by atoms with Crippen molar-refractivity contribution in [1.82, 2.24) is 9.78 Å². The summed E-state index contributed by atoms with van der Waals surface area (Å²) in [6.07, 6.45) is 0.579. The van der Waals surface area contributed by atoms with Gasteiger partial charge < -0.3 is 15.6 Å². The molecule has 0 atom stereocenters. The summed E-state index contributed by atoms with van der Waals surface area (Å²) in [6.45, 7) is 1.46. The number of benzene rings is 1. The molecule has 0 spiro atoms. The van der Waals surface area contributed by atoms with Crippen molar-refractivity contribution in [2.24, 2.45) is 0 Å². The number of methoxy groups -OCH3 is 1. The molecule has 2 rings (SSSR count). The molecule has 1 aromatic carbocycles. The molecule has 7 nitrogen and oxygen atoms in total. The second kappa shape index (κ2) is 5.66. The molecule has 1 heterocycles. The lowest BCUT2D eigenvalue weighted by Gasteiger charge is -2.06. The average molecular weight is 289 g/mol. The first-order valence-corrected chi connectivity index (χ1v) is 6.16. The lowest BCUT2D eigenvalue weighted by Crippen LogP contribution is -2.12. The summed E-state index contributed by atoms with van der Waals surface area (Å²) in [5.41, 5.74) is 7.86. The van der Waals surface area contributed by atoms with Crippen molar-refractivity contribution in [2.45, 2.75) is 13.5 Å². The van der Waals surface area contributed by atoms with E-state index >= 15 is 0 Å².